The maximum absolute atomic E-state index is 15.1. The van der Waals surface area contributed by atoms with Gasteiger partial charge in [0.25, 0.3) is 0 Å². The molecule has 0 aliphatic heterocycles. The van der Waals surface area contributed by atoms with E-state index in [1.54, 1.807) is 13.0 Å². The highest BCUT2D eigenvalue weighted by molar-refractivity contribution is 6.16. The third-order valence-corrected chi connectivity index (χ3v) is 15.5. The summed E-state index contributed by atoms with van der Waals surface area (Å²) in [7, 11) is 0. The number of fused-ring (bicyclic) bond motifs is 14. The zero-order valence-electron chi connectivity index (χ0n) is 38.7. The van der Waals surface area contributed by atoms with Crippen molar-refractivity contribution in [3.8, 4) is 62.0 Å². The van der Waals surface area contributed by atoms with Crippen molar-refractivity contribution >= 4 is 43.6 Å². The van der Waals surface area contributed by atoms with Gasteiger partial charge in [-0.05, 0) is 117 Å². The van der Waals surface area contributed by atoms with E-state index in [1.165, 1.54) is 56.6 Å². The van der Waals surface area contributed by atoms with Gasteiger partial charge in [-0.3, -0.25) is 0 Å². The predicted octanol–water partition coefficient (Wildman–Crippen LogP) is 17.0. The number of hydrogen-bond donors (Lipinski definition) is 0. The molecule has 13 rings (SSSR count). The molecule has 0 saturated carbocycles. The lowest BCUT2D eigenvalue weighted by molar-refractivity contribution is -0.137. The molecular formula is C63H44F3N3. The maximum atomic E-state index is 15.1. The van der Waals surface area contributed by atoms with E-state index in [2.05, 4.69) is 158 Å². The van der Waals surface area contributed by atoms with Crippen LogP contribution in [0.3, 0.4) is 0 Å². The zero-order chi connectivity index (χ0) is 47.3. The Kier molecular flexibility index (Phi) is 8.45. The summed E-state index contributed by atoms with van der Waals surface area (Å²) in [6, 6.07) is 61.5. The number of aromatic nitrogens is 2. The van der Waals surface area contributed by atoms with E-state index < -0.39 is 11.7 Å². The Morgan fingerprint density at radius 2 is 0.942 bits per heavy atom. The fourth-order valence-electron chi connectivity index (χ4n) is 12.6. The molecule has 2 aromatic heterocycles. The highest BCUT2D eigenvalue weighted by Crippen LogP contribution is 2.56. The molecule has 9 aromatic carbocycles. The molecule has 0 fully saturated rings. The molecule has 0 atom stereocenters. The normalized spacial score (nSPS) is 14.3. The minimum atomic E-state index is -4.58. The quantitative estimate of drug-likeness (QED) is 0.173. The standard InChI is InChI=1S/C63H44F3N3/c1-36-15-14-22-49(63(64,65)66)56(36)38-26-28-42(55(34-38)69-51-24-13-9-19-46(51)58-53(69)32-30-44-40-17-7-11-21-48(40)62(4,5)60(44)58)41-27-25-37(35-67)33-54(41)68-50-23-12-8-18-45(50)57-52(68)31-29-43-39-16-6-10-20-47(39)61(2,3)59(43)57/h6-34H,1-5H3. The number of alkyl halides is 3. The molecule has 0 saturated heterocycles. The van der Waals surface area contributed by atoms with E-state index in [1.807, 2.05) is 42.5 Å². The minimum Gasteiger partial charge on any atom is -0.309 e. The molecule has 6 heteroatoms. The van der Waals surface area contributed by atoms with Gasteiger partial charge >= 0.3 is 6.18 Å². The fourth-order valence-corrected chi connectivity index (χ4v) is 12.6. The van der Waals surface area contributed by atoms with Crippen LogP contribution in [0.1, 0.15) is 66.6 Å². The lowest BCUT2D eigenvalue weighted by atomic mass is 9.80. The number of rotatable bonds is 4. The van der Waals surface area contributed by atoms with Gasteiger partial charge in [0, 0.05) is 43.5 Å². The Hall–Kier alpha value is -8.14. The molecule has 0 amide bonds. The maximum Gasteiger partial charge on any atom is 0.417 e. The highest BCUT2D eigenvalue weighted by atomic mass is 19.4. The molecular weight excluding hydrogens is 856 g/mol. The van der Waals surface area contributed by atoms with Crippen molar-refractivity contribution in [2.45, 2.75) is 51.6 Å². The summed E-state index contributed by atoms with van der Waals surface area (Å²) in [5.41, 5.74) is 17.3. The molecule has 2 aliphatic rings. The second-order valence-corrected chi connectivity index (χ2v) is 19.9. The van der Waals surface area contributed by atoms with E-state index >= 15 is 13.2 Å². The van der Waals surface area contributed by atoms with Gasteiger partial charge in [0.05, 0.1) is 50.6 Å². The van der Waals surface area contributed by atoms with Crippen LogP contribution in [-0.2, 0) is 17.0 Å². The second kappa shape index (κ2) is 14.2. The number of nitrogens with zero attached hydrogens (tertiary/aromatic N) is 3. The van der Waals surface area contributed by atoms with Crippen LogP contribution in [0.15, 0.2) is 176 Å². The largest absolute Gasteiger partial charge is 0.417 e. The smallest absolute Gasteiger partial charge is 0.309 e. The van der Waals surface area contributed by atoms with E-state index in [9.17, 15) is 5.26 Å². The van der Waals surface area contributed by atoms with E-state index in [4.69, 9.17) is 0 Å². The minimum absolute atomic E-state index is 0.149. The van der Waals surface area contributed by atoms with Crippen molar-refractivity contribution < 1.29 is 13.2 Å². The van der Waals surface area contributed by atoms with Crippen LogP contribution >= 0.6 is 0 Å². The van der Waals surface area contributed by atoms with Crippen LogP contribution in [0.25, 0.3) is 99.5 Å². The summed E-state index contributed by atoms with van der Waals surface area (Å²) in [4.78, 5) is 0. The monoisotopic (exact) mass is 899 g/mol. The van der Waals surface area contributed by atoms with Crippen LogP contribution in [-0.4, -0.2) is 9.13 Å². The van der Waals surface area contributed by atoms with Gasteiger partial charge in [-0.2, -0.15) is 18.4 Å². The molecule has 0 unspecified atom stereocenters. The van der Waals surface area contributed by atoms with Gasteiger partial charge in [-0.1, -0.05) is 155 Å². The molecule has 0 N–H and O–H groups in total. The number of halogens is 3. The van der Waals surface area contributed by atoms with Gasteiger partial charge < -0.3 is 9.13 Å². The van der Waals surface area contributed by atoms with Gasteiger partial charge in [0.2, 0.25) is 0 Å². The Bertz CT molecular complexity index is 4090. The first-order valence-electron chi connectivity index (χ1n) is 23.5. The zero-order valence-corrected chi connectivity index (χ0v) is 38.7. The molecule has 0 bridgehead atoms. The van der Waals surface area contributed by atoms with Crippen molar-refractivity contribution in [3.63, 3.8) is 0 Å². The van der Waals surface area contributed by atoms with Crippen molar-refractivity contribution in [3.05, 3.63) is 215 Å². The van der Waals surface area contributed by atoms with Crippen LogP contribution in [0.2, 0.25) is 0 Å². The molecule has 0 radical (unpaired) electrons. The summed E-state index contributed by atoms with van der Waals surface area (Å²) in [5.74, 6) is 0. The summed E-state index contributed by atoms with van der Waals surface area (Å²) in [5, 5.41) is 15.0. The van der Waals surface area contributed by atoms with Crippen LogP contribution in [0.5, 0.6) is 0 Å². The van der Waals surface area contributed by atoms with E-state index in [0.717, 1.165) is 66.1 Å². The lowest BCUT2D eigenvalue weighted by Crippen LogP contribution is -2.15. The van der Waals surface area contributed by atoms with E-state index in [0.29, 0.717) is 16.7 Å². The Morgan fingerprint density at radius 1 is 0.464 bits per heavy atom. The lowest BCUT2D eigenvalue weighted by Gasteiger charge is -2.23. The Balaban J connectivity index is 1.16. The molecule has 11 aromatic rings. The van der Waals surface area contributed by atoms with Gasteiger partial charge in [0.15, 0.2) is 0 Å². The van der Waals surface area contributed by atoms with Crippen LogP contribution in [0, 0.1) is 18.3 Å². The predicted molar refractivity (Wildman–Crippen MR) is 276 cm³/mol. The molecule has 3 nitrogen and oxygen atoms in total. The van der Waals surface area contributed by atoms with Crippen molar-refractivity contribution in [2.24, 2.45) is 0 Å². The summed E-state index contributed by atoms with van der Waals surface area (Å²) >= 11 is 0. The Morgan fingerprint density at radius 3 is 1.48 bits per heavy atom. The SMILES string of the molecule is Cc1cccc(C(F)(F)F)c1-c1ccc(-c2ccc(C#N)cc2-n2c3ccccc3c3c4c(ccc32)-c2ccccc2C4(C)C)c(-n2c3ccccc3c3c4c(ccc32)-c2ccccc2C4(C)C)c1. The first kappa shape index (κ1) is 41.1. The summed E-state index contributed by atoms with van der Waals surface area (Å²) < 4.78 is 49.8. The molecule has 69 heavy (non-hydrogen) atoms. The van der Waals surface area contributed by atoms with E-state index in [-0.39, 0.29) is 16.4 Å². The summed E-state index contributed by atoms with van der Waals surface area (Å²) in [6.07, 6.45) is -4.58. The fraction of sp³-hybridized carbons (Fsp3) is 0.127. The first-order valence-corrected chi connectivity index (χ1v) is 23.5. The molecule has 0 spiro atoms. The first-order chi connectivity index (χ1) is 33.3. The average Bonchev–Trinajstić information content (AvgIpc) is 4.02. The van der Waals surface area contributed by atoms with Gasteiger partial charge in [-0.15, -0.1) is 0 Å². The van der Waals surface area contributed by atoms with Gasteiger partial charge in [-0.25, -0.2) is 0 Å². The van der Waals surface area contributed by atoms with Crippen molar-refractivity contribution in [2.75, 3.05) is 0 Å². The topological polar surface area (TPSA) is 33.6 Å². The second-order valence-electron chi connectivity index (χ2n) is 19.9. The number of aryl methyl sites for hydroxylation is 1. The third kappa shape index (κ3) is 5.56. The number of nitriles is 1. The van der Waals surface area contributed by atoms with Crippen LogP contribution < -0.4 is 0 Å². The number of benzene rings is 9. The Labute approximate surface area is 398 Å². The third-order valence-electron chi connectivity index (χ3n) is 15.5. The van der Waals surface area contributed by atoms with Crippen LogP contribution in [0.4, 0.5) is 13.2 Å². The van der Waals surface area contributed by atoms with Crippen molar-refractivity contribution in [1.82, 2.24) is 9.13 Å². The summed E-state index contributed by atoms with van der Waals surface area (Å²) in [6.45, 7) is 10.9. The average molecular weight is 900 g/mol. The van der Waals surface area contributed by atoms with Gasteiger partial charge in [0.1, 0.15) is 0 Å². The molecule has 2 heterocycles. The number of para-hydroxylation sites is 2. The highest BCUT2D eigenvalue weighted by Gasteiger charge is 2.40. The van der Waals surface area contributed by atoms with Crippen molar-refractivity contribution in [1.29, 1.82) is 5.26 Å². The molecule has 332 valence electrons. The molecule has 2 aliphatic carbocycles. The number of hydrogen-bond acceptors (Lipinski definition) is 1.